The fourth-order valence-electron chi connectivity index (χ4n) is 3.43. The number of amides is 1. The third-order valence-electron chi connectivity index (χ3n) is 5.03. The van der Waals surface area contributed by atoms with E-state index in [0.29, 0.717) is 5.92 Å². The van der Waals surface area contributed by atoms with Crippen molar-refractivity contribution in [2.24, 2.45) is 10.9 Å². The van der Waals surface area contributed by atoms with Crippen molar-refractivity contribution < 1.29 is 9.53 Å². The molecule has 0 aromatic carbocycles. The van der Waals surface area contributed by atoms with Crippen LogP contribution >= 0.6 is 0 Å². The number of hydrogen-bond acceptors (Lipinski definition) is 3. The van der Waals surface area contributed by atoms with Gasteiger partial charge in [-0.1, -0.05) is 12.2 Å². The Morgan fingerprint density at radius 1 is 1.26 bits per heavy atom. The van der Waals surface area contributed by atoms with Gasteiger partial charge in [0.1, 0.15) is 5.60 Å². The smallest absolute Gasteiger partial charge is 0.410 e. The number of guanidine groups is 1. The van der Waals surface area contributed by atoms with Gasteiger partial charge in [-0.15, -0.1) is 0 Å². The standard InChI is InChI=1S/C21H38N4O2/c1-6-7-8-13-23-19(22-5)24-14-11-18(12-15-24)25(16-17-9-10-17)20(26)27-21(2,3)4/h6-7,17-18H,8-16H2,1-5H3,(H,22,23)/b7-6+. The molecule has 6 heteroatoms. The Hall–Kier alpha value is -1.72. The van der Waals surface area contributed by atoms with E-state index in [1.54, 1.807) is 0 Å². The van der Waals surface area contributed by atoms with E-state index in [-0.39, 0.29) is 12.1 Å². The molecule has 1 aliphatic heterocycles. The van der Waals surface area contributed by atoms with Crippen LogP contribution in [-0.4, -0.2) is 66.7 Å². The van der Waals surface area contributed by atoms with Gasteiger partial charge in [-0.2, -0.15) is 0 Å². The third-order valence-corrected chi connectivity index (χ3v) is 5.03. The van der Waals surface area contributed by atoms with Gasteiger partial charge in [0.05, 0.1) is 0 Å². The molecule has 1 aliphatic carbocycles. The average Bonchev–Trinajstić information content (AvgIpc) is 3.43. The Morgan fingerprint density at radius 2 is 1.93 bits per heavy atom. The maximum Gasteiger partial charge on any atom is 0.410 e. The predicted molar refractivity (Wildman–Crippen MR) is 111 cm³/mol. The monoisotopic (exact) mass is 378 g/mol. The van der Waals surface area contributed by atoms with Gasteiger partial charge in [-0.05, 0) is 65.7 Å². The molecule has 27 heavy (non-hydrogen) atoms. The molecule has 0 aromatic heterocycles. The van der Waals surface area contributed by atoms with Gasteiger partial charge < -0.3 is 19.9 Å². The van der Waals surface area contributed by atoms with E-state index in [0.717, 1.165) is 51.4 Å². The Kier molecular flexibility index (Phi) is 7.99. The molecule has 2 fully saturated rings. The first kappa shape index (κ1) is 21.6. The second-order valence-corrected chi connectivity index (χ2v) is 8.63. The van der Waals surface area contributed by atoms with Crippen LogP contribution in [0.25, 0.3) is 0 Å². The summed E-state index contributed by atoms with van der Waals surface area (Å²) in [5.74, 6) is 1.63. The number of likely N-dealkylation sites (tertiary alicyclic amines) is 1. The number of piperidine rings is 1. The van der Waals surface area contributed by atoms with Crippen LogP contribution < -0.4 is 5.32 Å². The average molecular weight is 379 g/mol. The summed E-state index contributed by atoms with van der Waals surface area (Å²) < 4.78 is 5.68. The highest BCUT2D eigenvalue weighted by molar-refractivity contribution is 5.80. The van der Waals surface area contributed by atoms with Gasteiger partial charge in [0, 0.05) is 39.3 Å². The first-order chi connectivity index (χ1) is 12.8. The van der Waals surface area contributed by atoms with Crippen molar-refractivity contribution in [1.82, 2.24) is 15.1 Å². The Labute approximate surface area is 165 Å². The van der Waals surface area contributed by atoms with Crippen LogP contribution in [0.2, 0.25) is 0 Å². The van der Waals surface area contributed by atoms with Gasteiger partial charge in [0.15, 0.2) is 5.96 Å². The van der Waals surface area contributed by atoms with Crippen LogP contribution in [0, 0.1) is 5.92 Å². The highest BCUT2D eigenvalue weighted by Gasteiger charge is 2.35. The fourth-order valence-corrected chi connectivity index (χ4v) is 3.43. The minimum atomic E-state index is -0.446. The number of rotatable bonds is 6. The van der Waals surface area contributed by atoms with E-state index in [9.17, 15) is 4.79 Å². The second-order valence-electron chi connectivity index (χ2n) is 8.63. The normalized spacial score (nSPS) is 19.4. The molecular formula is C21H38N4O2. The van der Waals surface area contributed by atoms with Crippen molar-refractivity contribution >= 4 is 12.1 Å². The summed E-state index contributed by atoms with van der Waals surface area (Å²) in [5, 5.41) is 3.43. The molecule has 0 radical (unpaired) electrons. The SMILES string of the molecule is C/C=C/CCNC(=NC)N1CCC(N(CC2CC2)C(=O)OC(C)(C)C)CC1. The molecule has 0 spiro atoms. The molecule has 1 saturated heterocycles. The maximum absolute atomic E-state index is 12.7. The van der Waals surface area contributed by atoms with Crippen molar-refractivity contribution in [1.29, 1.82) is 0 Å². The van der Waals surface area contributed by atoms with Gasteiger partial charge in [0.25, 0.3) is 0 Å². The minimum Gasteiger partial charge on any atom is -0.444 e. The molecule has 0 bridgehead atoms. The van der Waals surface area contributed by atoms with Crippen LogP contribution in [0.5, 0.6) is 0 Å². The van der Waals surface area contributed by atoms with E-state index in [2.05, 4.69) is 27.4 Å². The minimum absolute atomic E-state index is 0.151. The van der Waals surface area contributed by atoms with Gasteiger partial charge >= 0.3 is 6.09 Å². The number of hydrogen-bond donors (Lipinski definition) is 1. The Balaban J connectivity index is 1.89. The van der Waals surface area contributed by atoms with E-state index in [1.807, 2.05) is 39.6 Å². The number of nitrogens with one attached hydrogen (secondary N) is 1. The predicted octanol–water partition coefficient (Wildman–Crippen LogP) is 3.64. The van der Waals surface area contributed by atoms with Crippen LogP contribution in [0.4, 0.5) is 4.79 Å². The summed E-state index contributed by atoms with van der Waals surface area (Å²) in [6.07, 6.45) is 9.47. The molecular weight excluding hydrogens is 340 g/mol. The van der Waals surface area contributed by atoms with E-state index in [4.69, 9.17) is 4.74 Å². The molecule has 2 rings (SSSR count). The lowest BCUT2D eigenvalue weighted by atomic mass is 10.0. The summed E-state index contributed by atoms with van der Waals surface area (Å²) in [7, 11) is 1.84. The number of carbonyl (C=O) groups excluding carboxylic acids is 1. The van der Waals surface area contributed by atoms with Crippen molar-refractivity contribution in [2.45, 2.75) is 71.4 Å². The molecule has 1 amide bonds. The highest BCUT2D eigenvalue weighted by atomic mass is 16.6. The fraction of sp³-hybridized carbons (Fsp3) is 0.810. The second kappa shape index (κ2) is 10.00. The summed E-state index contributed by atoms with van der Waals surface area (Å²) in [6, 6.07) is 0.262. The van der Waals surface area contributed by atoms with Crippen LogP contribution in [0.15, 0.2) is 17.1 Å². The summed E-state index contributed by atoms with van der Waals surface area (Å²) in [6.45, 7) is 11.4. The molecule has 6 nitrogen and oxygen atoms in total. The lowest BCUT2D eigenvalue weighted by molar-refractivity contribution is 0.00929. The number of aliphatic imine (C=N–C) groups is 1. The molecule has 1 heterocycles. The zero-order chi connectivity index (χ0) is 19.9. The number of ether oxygens (including phenoxy) is 1. The van der Waals surface area contributed by atoms with Crippen molar-refractivity contribution in [3.63, 3.8) is 0 Å². The Bertz CT molecular complexity index is 527. The van der Waals surface area contributed by atoms with Crippen LogP contribution in [0.3, 0.4) is 0 Å². The molecule has 1 N–H and O–H groups in total. The van der Waals surface area contributed by atoms with E-state index in [1.165, 1.54) is 12.8 Å². The number of carbonyl (C=O) groups is 1. The molecule has 0 aromatic rings. The molecule has 0 atom stereocenters. The molecule has 0 unspecified atom stereocenters. The topological polar surface area (TPSA) is 57.2 Å². The molecule has 2 aliphatic rings. The van der Waals surface area contributed by atoms with Crippen molar-refractivity contribution in [3.05, 3.63) is 12.2 Å². The summed E-state index contributed by atoms with van der Waals surface area (Å²) in [5.41, 5.74) is -0.446. The van der Waals surface area contributed by atoms with Gasteiger partial charge in [-0.25, -0.2) is 4.79 Å². The largest absolute Gasteiger partial charge is 0.444 e. The lowest BCUT2D eigenvalue weighted by Gasteiger charge is -2.40. The van der Waals surface area contributed by atoms with Gasteiger partial charge in [-0.3, -0.25) is 4.99 Å². The maximum atomic E-state index is 12.7. The quantitative estimate of drug-likeness (QED) is 0.332. The lowest BCUT2D eigenvalue weighted by Crippen LogP contribution is -2.52. The number of nitrogens with zero attached hydrogens (tertiary/aromatic N) is 3. The van der Waals surface area contributed by atoms with Crippen LogP contribution in [-0.2, 0) is 4.74 Å². The zero-order valence-electron chi connectivity index (χ0n) is 17.8. The Morgan fingerprint density at radius 3 is 2.44 bits per heavy atom. The highest BCUT2D eigenvalue weighted by Crippen LogP contribution is 2.32. The third kappa shape index (κ3) is 7.43. The van der Waals surface area contributed by atoms with E-state index >= 15 is 0 Å². The van der Waals surface area contributed by atoms with Crippen molar-refractivity contribution in [2.75, 3.05) is 33.2 Å². The summed E-state index contributed by atoms with van der Waals surface area (Å²) in [4.78, 5) is 21.5. The molecule has 154 valence electrons. The van der Waals surface area contributed by atoms with Crippen molar-refractivity contribution in [3.8, 4) is 0 Å². The first-order valence-electron chi connectivity index (χ1n) is 10.4. The van der Waals surface area contributed by atoms with E-state index < -0.39 is 5.60 Å². The molecule has 1 saturated carbocycles. The van der Waals surface area contributed by atoms with Gasteiger partial charge in [0.2, 0.25) is 0 Å². The zero-order valence-corrected chi connectivity index (χ0v) is 17.8. The van der Waals surface area contributed by atoms with Crippen LogP contribution in [0.1, 0.15) is 59.8 Å². The number of allylic oxidation sites excluding steroid dienone is 1. The summed E-state index contributed by atoms with van der Waals surface area (Å²) >= 11 is 0. The first-order valence-corrected chi connectivity index (χ1v) is 10.4.